The topological polar surface area (TPSA) is 49.4 Å². The largest absolute Gasteiger partial charge is 0.341 e. The van der Waals surface area contributed by atoms with Gasteiger partial charge in [-0.3, -0.25) is 9.59 Å². The maximum atomic E-state index is 13.0. The average molecular weight is 364 g/mol. The SMILES string of the molecule is CC(C)(CC(=O)N[C@H](C(=O)N1CCCC1)c1ccccc1)c1ccccc1. The van der Waals surface area contributed by atoms with Crippen LogP contribution in [0.4, 0.5) is 0 Å². The first-order valence-electron chi connectivity index (χ1n) is 9.66. The Morgan fingerprint density at radius 1 is 0.963 bits per heavy atom. The molecule has 3 rings (SSSR count). The van der Waals surface area contributed by atoms with Gasteiger partial charge in [0.2, 0.25) is 11.8 Å². The molecule has 0 saturated carbocycles. The van der Waals surface area contributed by atoms with E-state index in [4.69, 9.17) is 0 Å². The summed E-state index contributed by atoms with van der Waals surface area (Å²) in [6, 6.07) is 18.9. The van der Waals surface area contributed by atoms with Crippen molar-refractivity contribution in [2.45, 2.75) is 44.6 Å². The van der Waals surface area contributed by atoms with Crippen LogP contribution in [-0.4, -0.2) is 29.8 Å². The minimum Gasteiger partial charge on any atom is -0.341 e. The van der Waals surface area contributed by atoms with Crippen LogP contribution < -0.4 is 5.32 Å². The van der Waals surface area contributed by atoms with Crippen LogP contribution in [0.3, 0.4) is 0 Å². The van der Waals surface area contributed by atoms with Gasteiger partial charge < -0.3 is 10.2 Å². The van der Waals surface area contributed by atoms with Gasteiger partial charge in [0.1, 0.15) is 6.04 Å². The number of likely N-dealkylation sites (tertiary alicyclic amines) is 1. The van der Waals surface area contributed by atoms with Crippen LogP contribution in [0, 0.1) is 0 Å². The highest BCUT2D eigenvalue weighted by atomic mass is 16.2. The first kappa shape index (κ1) is 19.2. The van der Waals surface area contributed by atoms with Gasteiger partial charge in [-0.2, -0.15) is 0 Å². The quantitative estimate of drug-likeness (QED) is 0.847. The summed E-state index contributed by atoms with van der Waals surface area (Å²) in [5.41, 5.74) is 1.64. The molecular weight excluding hydrogens is 336 g/mol. The zero-order chi connectivity index (χ0) is 19.3. The zero-order valence-corrected chi connectivity index (χ0v) is 16.2. The third-order valence-corrected chi connectivity index (χ3v) is 5.26. The van der Waals surface area contributed by atoms with E-state index >= 15 is 0 Å². The molecule has 1 saturated heterocycles. The normalized spacial score (nSPS) is 15.4. The van der Waals surface area contributed by atoms with Crippen LogP contribution in [0.25, 0.3) is 0 Å². The van der Waals surface area contributed by atoms with E-state index in [9.17, 15) is 9.59 Å². The van der Waals surface area contributed by atoms with Gasteiger partial charge in [-0.25, -0.2) is 0 Å². The lowest BCUT2D eigenvalue weighted by Gasteiger charge is -2.28. The fraction of sp³-hybridized carbons (Fsp3) is 0.391. The predicted octanol–water partition coefficient (Wildman–Crippen LogP) is 3.83. The smallest absolute Gasteiger partial charge is 0.249 e. The van der Waals surface area contributed by atoms with E-state index < -0.39 is 6.04 Å². The lowest BCUT2D eigenvalue weighted by Crippen LogP contribution is -2.43. The lowest BCUT2D eigenvalue weighted by molar-refractivity contribution is -0.136. The predicted molar refractivity (Wildman–Crippen MR) is 107 cm³/mol. The molecule has 4 nitrogen and oxygen atoms in total. The Bertz CT molecular complexity index is 765. The summed E-state index contributed by atoms with van der Waals surface area (Å²) in [4.78, 5) is 27.7. The molecule has 2 aromatic carbocycles. The van der Waals surface area contributed by atoms with Gasteiger partial charge in [0, 0.05) is 19.5 Å². The lowest BCUT2D eigenvalue weighted by atomic mass is 9.81. The fourth-order valence-electron chi connectivity index (χ4n) is 3.66. The third kappa shape index (κ3) is 4.76. The number of hydrogen-bond acceptors (Lipinski definition) is 2. The van der Waals surface area contributed by atoms with Crippen molar-refractivity contribution in [2.75, 3.05) is 13.1 Å². The second kappa shape index (κ2) is 8.38. The number of hydrogen-bond donors (Lipinski definition) is 1. The van der Waals surface area contributed by atoms with Gasteiger partial charge in [0.05, 0.1) is 0 Å². The molecule has 1 atom stereocenters. The average Bonchev–Trinajstić information content (AvgIpc) is 3.21. The van der Waals surface area contributed by atoms with Crippen molar-refractivity contribution in [3.8, 4) is 0 Å². The zero-order valence-electron chi connectivity index (χ0n) is 16.2. The fourth-order valence-corrected chi connectivity index (χ4v) is 3.66. The molecule has 27 heavy (non-hydrogen) atoms. The molecular formula is C23H28N2O2. The molecule has 0 radical (unpaired) electrons. The number of benzene rings is 2. The number of nitrogens with zero attached hydrogens (tertiary/aromatic N) is 1. The van der Waals surface area contributed by atoms with Crippen molar-refractivity contribution in [2.24, 2.45) is 0 Å². The number of amides is 2. The summed E-state index contributed by atoms with van der Waals surface area (Å²) in [6.45, 7) is 5.66. The molecule has 2 aromatic rings. The van der Waals surface area contributed by atoms with Crippen molar-refractivity contribution >= 4 is 11.8 Å². The third-order valence-electron chi connectivity index (χ3n) is 5.26. The molecule has 1 heterocycles. The first-order chi connectivity index (χ1) is 13.0. The van der Waals surface area contributed by atoms with Gasteiger partial charge in [-0.05, 0) is 29.4 Å². The highest BCUT2D eigenvalue weighted by molar-refractivity contribution is 5.89. The van der Waals surface area contributed by atoms with E-state index in [0.717, 1.165) is 37.1 Å². The molecule has 0 unspecified atom stereocenters. The van der Waals surface area contributed by atoms with Gasteiger partial charge in [0.15, 0.2) is 0 Å². The Hall–Kier alpha value is -2.62. The van der Waals surface area contributed by atoms with Crippen LogP contribution >= 0.6 is 0 Å². The Labute approximate surface area is 161 Å². The van der Waals surface area contributed by atoms with Crippen LogP contribution in [0.15, 0.2) is 60.7 Å². The second-order valence-electron chi connectivity index (χ2n) is 7.87. The van der Waals surface area contributed by atoms with Crippen LogP contribution in [0.1, 0.15) is 50.3 Å². The highest BCUT2D eigenvalue weighted by Gasteiger charge is 2.31. The van der Waals surface area contributed by atoms with E-state index in [1.165, 1.54) is 0 Å². The van der Waals surface area contributed by atoms with Crippen LogP contribution in [-0.2, 0) is 15.0 Å². The molecule has 0 aliphatic carbocycles. The number of nitrogens with one attached hydrogen (secondary N) is 1. The van der Waals surface area contributed by atoms with Crippen molar-refractivity contribution in [3.05, 3.63) is 71.8 Å². The minimum atomic E-state index is -0.622. The molecule has 1 fully saturated rings. The van der Waals surface area contributed by atoms with Crippen LogP contribution in [0.2, 0.25) is 0 Å². The number of carbonyl (C=O) groups excluding carboxylic acids is 2. The minimum absolute atomic E-state index is 0.00966. The first-order valence-corrected chi connectivity index (χ1v) is 9.66. The van der Waals surface area contributed by atoms with Gasteiger partial charge in [-0.1, -0.05) is 74.5 Å². The summed E-state index contributed by atoms with van der Waals surface area (Å²) < 4.78 is 0. The molecule has 142 valence electrons. The Kier molecular flexibility index (Phi) is 5.94. The summed E-state index contributed by atoms with van der Waals surface area (Å²) in [7, 11) is 0. The van der Waals surface area contributed by atoms with E-state index in [-0.39, 0.29) is 17.2 Å². The summed E-state index contributed by atoms with van der Waals surface area (Å²) in [6.07, 6.45) is 2.39. The van der Waals surface area contributed by atoms with E-state index in [2.05, 4.69) is 19.2 Å². The van der Waals surface area contributed by atoms with Crippen molar-refractivity contribution in [3.63, 3.8) is 0 Å². The molecule has 1 N–H and O–H groups in total. The van der Waals surface area contributed by atoms with E-state index in [1.54, 1.807) is 0 Å². The summed E-state index contributed by atoms with van der Waals surface area (Å²) in [5, 5.41) is 3.01. The van der Waals surface area contributed by atoms with Crippen LogP contribution in [0.5, 0.6) is 0 Å². The van der Waals surface area contributed by atoms with E-state index in [0.29, 0.717) is 6.42 Å². The molecule has 1 aliphatic heterocycles. The van der Waals surface area contributed by atoms with Crippen molar-refractivity contribution < 1.29 is 9.59 Å². The van der Waals surface area contributed by atoms with Crippen molar-refractivity contribution in [1.82, 2.24) is 10.2 Å². The maximum Gasteiger partial charge on any atom is 0.249 e. The number of carbonyl (C=O) groups is 2. The van der Waals surface area contributed by atoms with Gasteiger partial charge in [-0.15, -0.1) is 0 Å². The van der Waals surface area contributed by atoms with E-state index in [1.807, 2.05) is 65.6 Å². The molecule has 0 bridgehead atoms. The molecule has 4 heteroatoms. The molecule has 0 spiro atoms. The monoisotopic (exact) mass is 364 g/mol. The molecule has 1 aliphatic rings. The van der Waals surface area contributed by atoms with Crippen molar-refractivity contribution in [1.29, 1.82) is 0 Å². The standard InChI is InChI=1S/C23H28N2O2/c1-23(2,19-13-7-4-8-14-19)17-20(26)24-21(18-11-5-3-6-12-18)22(27)25-15-9-10-16-25/h3-8,11-14,21H,9-10,15-17H2,1-2H3,(H,24,26)/t21-/m0/s1. The molecule has 0 aromatic heterocycles. The summed E-state index contributed by atoms with van der Waals surface area (Å²) in [5.74, 6) is -0.116. The Balaban J connectivity index is 1.75. The molecule has 2 amide bonds. The second-order valence-corrected chi connectivity index (χ2v) is 7.87. The maximum absolute atomic E-state index is 13.0. The van der Waals surface area contributed by atoms with Gasteiger partial charge >= 0.3 is 0 Å². The Morgan fingerprint density at radius 3 is 2.11 bits per heavy atom. The number of rotatable bonds is 6. The van der Waals surface area contributed by atoms with Gasteiger partial charge in [0.25, 0.3) is 0 Å². The highest BCUT2D eigenvalue weighted by Crippen LogP contribution is 2.27. The Morgan fingerprint density at radius 2 is 1.52 bits per heavy atom. The summed E-state index contributed by atoms with van der Waals surface area (Å²) >= 11 is 0.